The van der Waals surface area contributed by atoms with Gasteiger partial charge in [0, 0.05) is 38.1 Å². The number of amides is 1. The zero-order valence-corrected chi connectivity index (χ0v) is 20.5. The molecular weight excluding hydrogens is 464 g/mol. The number of carbonyl (C=O) groups is 1. The summed E-state index contributed by atoms with van der Waals surface area (Å²) in [4.78, 5) is 42.3. The number of fused-ring (bicyclic) bond motifs is 1. The standard InChI is InChI=1S/C26H30N4O4S/c31-25(22-11-6-18-35-22)28-16-14-27(15-17-28)23-20-9-4-5-10-21(20)29(26(32)24(23)30(33)34)13-12-19-7-2-1-3-8-19/h4-6,9-11,18-19H,1-3,7-8,12-17H2. The smallest absolute Gasteiger partial charge is 0.357 e. The molecule has 2 fully saturated rings. The third-order valence-corrected chi connectivity index (χ3v) is 8.26. The third-order valence-electron chi connectivity index (χ3n) is 7.41. The van der Waals surface area contributed by atoms with Gasteiger partial charge in [-0.1, -0.05) is 56.4 Å². The molecule has 1 aromatic carbocycles. The van der Waals surface area contributed by atoms with Crippen LogP contribution < -0.4 is 10.5 Å². The quantitative estimate of drug-likeness (QED) is 0.359. The topological polar surface area (TPSA) is 88.7 Å². The number of hydrogen-bond donors (Lipinski definition) is 0. The Bertz CT molecular complexity index is 1270. The zero-order valence-electron chi connectivity index (χ0n) is 19.7. The molecule has 1 saturated heterocycles. The highest BCUT2D eigenvalue weighted by atomic mass is 32.1. The van der Waals surface area contributed by atoms with Crippen LogP contribution in [0.5, 0.6) is 0 Å². The molecule has 1 aliphatic heterocycles. The third kappa shape index (κ3) is 4.69. The van der Waals surface area contributed by atoms with Crippen molar-refractivity contribution < 1.29 is 9.72 Å². The number of aryl methyl sites for hydroxylation is 1. The number of nitrogens with zero attached hydrogens (tertiary/aromatic N) is 4. The Hall–Kier alpha value is -3.20. The summed E-state index contributed by atoms with van der Waals surface area (Å²) in [5.41, 5.74) is 0.237. The number of benzene rings is 1. The monoisotopic (exact) mass is 494 g/mol. The van der Waals surface area contributed by atoms with Crippen LogP contribution in [0.2, 0.25) is 0 Å². The summed E-state index contributed by atoms with van der Waals surface area (Å²) in [6.07, 6.45) is 6.92. The second-order valence-electron chi connectivity index (χ2n) is 9.48. The van der Waals surface area contributed by atoms with Crippen molar-refractivity contribution in [2.75, 3.05) is 31.1 Å². The fourth-order valence-corrected chi connectivity index (χ4v) is 6.25. The second kappa shape index (κ2) is 10.2. The van der Waals surface area contributed by atoms with Gasteiger partial charge < -0.3 is 14.4 Å². The van der Waals surface area contributed by atoms with E-state index >= 15 is 0 Å². The maximum atomic E-state index is 13.5. The van der Waals surface area contributed by atoms with E-state index in [1.807, 2.05) is 46.7 Å². The van der Waals surface area contributed by atoms with Crippen LogP contribution in [0.3, 0.4) is 0 Å². The predicted octanol–water partition coefficient (Wildman–Crippen LogP) is 4.90. The highest BCUT2D eigenvalue weighted by Gasteiger charge is 2.32. The predicted molar refractivity (Wildman–Crippen MR) is 138 cm³/mol. The number of hydrogen-bond acceptors (Lipinski definition) is 6. The molecule has 0 unspecified atom stereocenters. The van der Waals surface area contributed by atoms with E-state index in [-0.39, 0.29) is 11.6 Å². The van der Waals surface area contributed by atoms with Crippen LogP contribution in [0.1, 0.15) is 48.2 Å². The average Bonchev–Trinajstić information content (AvgIpc) is 3.43. The minimum absolute atomic E-state index is 0.0165. The fourth-order valence-electron chi connectivity index (χ4n) is 5.56. The lowest BCUT2D eigenvalue weighted by molar-refractivity contribution is -0.385. The van der Waals surface area contributed by atoms with Gasteiger partial charge in [-0.05, 0) is 29.9 Å². The minimum Gasteiger partial charge on any atom is -0.362 e. The Morgan fingerprint density at radius 2 is 1.77 bits per heavy atom. The largest absolute Gasteiger partial charge is 0.362 e. The molecule has 1 saturated carbocycles. The van der Waals surface area contributed by atoms with Crippen LogP contribution in [-0.4, -0.2) is 46.5 Å². The molecule has 3 aromatic rings. The maximum absolute atomic E-state index is 13.5. The van der Waals surface area contributed by atoms with Crippen molar-refractivity contribution in [2.45, 2.75) is 45.1 Å². The molecule has 0 radical (unpaired) electrons. The molecule has 5 rings (SSSR count). The molecule has 0 atom stereocenters. The van der Waals surface area contributed by atoms with Crippen molar-refractivity contribution in [3.05, 3.63) is 67.1 Å². The summed E-state index contributed by atoms with van der Waals surface area (Å²) in [6.45, 7) is 2.27. The fraction of sp³-hybridized carbons (Fsp3) is 0.462. The average molecular weight is 495 g/mol. The van der Waals surface area contributed by atoms with Gasteiger partial charge in [0.25, 0.3) is 5.91 Å². The van der Waals surface area contributed by atoms with Gasteiger partial charge in [0.1, 0.15) is 5.69 Å². The van der Waals surface area contributed by atoms with Crippen molar-refractivity contribution >= 4 is 39.5 Å². The molecule has 35 heavy (non-hydrogen) atoms. The highest BCUT2D eigenvalue weighted by Crippen LogP contribution is 2.35. The SMILES string of the molecule is O=C(c1cccs1)N1CCN(c2c([N+](=O)[O-])c(=O)n(CCC3CCCCC3)c3ccccc23)CC1. The van der Waals surface area contributed by atoms with E-state index in [1.165, 1.54) is 43.4 Å². The normalized spacial score (nSPS) is 17.1. The Balaban J connectivity index is 1.46. The van der Waals surface area contributed by atoms with Crippen molar-refractivity contribution in [1.82, 2.24) is 9.47 Å². The first-order valence-corrected chi connectivity index (χ1v) is 13.3. The Morgan fingerprint density at radius 1 is 1.03 bits per heavy atom. The molecule has 0 bridgehead atoms. The molecule has 3 heterocycles. The highest BCUT2D eigenvalue weighted by molar-refractivity contribution is 7.12. The van der Waals surface area contributed by atoms with Gasteiger partial charge in [-0.2, -0.15) is 0 Å². The molecule has 8 nitrogen and oxygen atoms in total. The molecule has 9 heteroatoms. The van der Waals surface area contributed by atoms with Crippen LogP contribution in [0.4, 0.5) is 11.4 Å². The van der Waals surface area contributed by atoms with E-state index in [4.69, 9.17) is 0 Å². The number of aromatic nitrogens is 1. The van der Waals surface area contributed by atoms with Gasteiger partial charge in [-0.25, -0.2) is 0 Å². The van der Waals surface area contributed by atoms with Gasteiger partial charge in [-0.3, -0.25) is 19.7 Å². The summed E-state index contributed by atoms with van der Waals surface area (Å²) in [7, 11) is 0. The van der Waals surface area contributed by atoms with Crippen LogP contribution in [-0.2, 0) is 6.54 Å². The summed E-state index contributed by atoms with van der Waals surface area (Å²) in [5, 5.41) is 14.8. The van der Waals surface area contributed by atoms with Crippen LogP contribution in [0.15, 0.2) is 46.6 Å². The van der Waals surface area contributed by atoms with Crippen LogP contribution in [0.25, 0.3) is 10.9 Å². The first kappa shape index (κ1) is 23.5. The number of rotatable bonds is 6. The van der Waals surface area contributed by atoms with Gasteiger partial charge in [0.15, 0.2) is 0 Å². The summed E-state index contributed by atoms with van der Waals surface area (Å²) in [6, 6.07) is 11.2. The van der Waals surface area contributed by atoms with Gasteiger partial charge in [0.05, 0.1) is 15.3 Å². The lowest BCUT2D eigenvalue weighted by Crippen LogP contribution is -2.49. The number of carbonyl (C=O) groups excluding carboxylic acids is 1. The van der Waals surface area contributed by atoms with E-state index < -0.39 is 10.5 Å². The Labute approximate surface area is 207 Å². The van der Waals surface area contributed by atoms with Crippen molar-refractivity contribution in [1.29, 1.82) is 0 Å². The second-order valence-corrected chi connectivity index (χ2v) is 10.4. The van der Waals surface area contributed by atoms with Crippen molar-refractivity contribution in [3.63, 3.8) is 0 Å². The molecule has 2 aliphatic rings. The first-order valence-electron chi connectivity index (χ1n) is 12.4. The number of thiophene rings is 1. The molecule has 0 spiro atoms. The Kier molecular flexibility index (Phi) is 6.86. The van der Waals surface area contributed by atoms with E-state index in [1.54, 1.807) is 9.47 Å². The molecule has 184 valence electrons. The Morgan fingerprint density at radius 3 is 2.46 bits per heavy atom. The lowest BCUT2D eigenvalue weighted by Gasteiger charge is -2.36. The van der Waals surface area contributed by atoms with E-state index in [0.717, 1.165) is 17.3 Å². The molecule has 0 N–H and O–H groups in total. The van der Waals surface area contributed by atoms with E-state index in [9.17, 15) is 19.7 Å². The number of pyridine rings is 1. The van der Waals surface area contributed by atoms with Crippen LogP contribution in [0, 0.1) is 16.0 Å². The molecular formula is C26H30N4O4S. The molecule has 2 aromatic heterocycles. The first-order chi connectivity index (χ1) is 17.0. The van der Waals surface area contributed by atoms with E-state index in [2.05, 4.69) is 0 Å². The molecule has 1 aliphatic carbocycles. The number of nitro groups is 1. The maximum Gasteiger partial charge on any atom is 0.357 e. The van der Waals surface area contributed by atoms with Crippen molar-refractivity contribution in [3.8, 4) is 0 Å². The minimum atomic E-state index is -0.531. The summed E-state index contributed by atoms with van der Waals surface area (Å²) >= 11 is 1.41. The lowest BCUT2D eigenvalue weighted by atomic mass is 9.87. The number of anilines is 1. The van der Waals surface area contributed by atoms with Gasteiger partial charge in [-0.15, -0.1) is 11.3 Å². The zero-order chi connectivity index (χ0) is 24.4. The van der Waals surface area contributed by atoms with Gasteiger partial charge >= 0.3 is 11.2 Å². The van der Waals surface area contributed by atoms with Crippen molar-refractivity contribution in [2.24, 2.45) is 5.92 Å². The summed E-state index contributed by atoms with van der Waals surface area (Å²) in [5.74, 6) is 0.555. The van der Waals surface area contributed by atoms with Crippen LogP contribution >= 0.6 is 11.3 Å². The van der Waals surface area contributed by atoms with E-state index in [0.29, 0.717) is 49.2 Å². The number of para-hydroxylation sites is 1. The number of piperazine rings is 1. The van der Waals surface area contributed by atoms with Gasteiger partial charge in [0.2, 0.25) is 0 Å². The molecule has 1 amide bonds. The summed E-state index contributed by atoms with van der Waals surface area (Å²) < 4.78 is 1.61.